The Morgan fingerprint density at radius 3 is 2.87 bits per heavy atom. The molecule has 1 amide bonds. The maximum absolute atomic E-state index is 12.6. The zero-order chi connectivity index (χ0) is 20.3. The number of nitrogens with one attached hydrogen (secondary N) is 3. The van der Waals surface area contributed by atoms with E-state index in [2.05, 4.69) is 44.5 Å². The van der Waals surface area contributed by atoms with Gasteiger partial charge in [0.2, 0.25) is 0 Å². The number of benzene rings is 2. The highest BCUT2D eigenvalue weighted by Gasteiger charge is 2.27. The molecule has 2 aliphatic rings. The summed E-state index contributed by atoms with van der Waals surface area (Å²) in [6, 6.07) is 15.7. The summed E-state index contributed by atoms with van der Waals surface area (Å²) in [6.45, 7) is 1.78. The van der Waals surface area contributed by atoms with Gasteiger partial charge in [-0.05, 0) is 42.5 Å². The van der Waals surface area contributed by atoms with E-state index >= 15 is 0 Å². The van der Waals surface area contributed by atoms with Crippen molar-refractivity contribution >= 4 is 28.3 Å². The number of hydrogen-bond acceptors (Lipinski definition) is 6. The standard InChI is InChI=1S/C23H23N5OS/c29-21(15-6-2-1-3-7-15)26-19-11-10-16-17(19)8-4-9-18(16)20-14-30-23(27-20)28-22-24-12-5-13-25-22/h1-4,6-9,14,19H,5,10-13H2,(H,26,29)(H2,24,25,27,28). The average molecular weight is 418 g/mol. The first kappa shape index (κ1) is 18.8. The Labute approximate surface area is 179 Å². The zero-order valence-corrected chi connectivity index (χ0v) is 17.3. The molecule has 3 N–H and O–H groups in total. The van der Waals surface area contributed by atoms with Crippen molar-refractivity contribution in [2.75, 3.05) is 18.4 Å². The number of aliphatic imine (C=N–C) groups is 1. The lowest BCUT2D eigenvalue weighted by molar-refractivity contribution is 0.0936. The lowest BCUT2D eigenvalue weighted by Gasteiger charge is -2.15. The van der Waals surface area contributed by atoms with Crippen LogP contribution in [0, 0.1) is 0 Å². The molecule has 0 spiro atoms. The molecule has 2 heterocycles. The Morgan fingerprint density at radius 1 is 1.13 bits per heavy atom. The van der Waals surface area contributed by atoms with Gasteiger partial charge in [0.25, 0.3) is 5.91 Å². The Morgan fingerprint density at radius 2 is 2.03 bits per heavy atom. The first-order valence-electron chi connectivity index (χ1n) is 10.3. The fourth-order valence-electron chi connectivity index (χ4n) is 4.05. The van der Waals surface area contributed by atoms with Crippen LogP contribution in [0.2, 0.25) is 0 Å². The van der Waals surface area contributed by atoms with Gasteiger partial charge in [-0.3, -0.25) is 9.79 Å². The maximum atomic E-state index is 12.6. The van der Waals surface area contributed by atoms with Gasteiger partial charge in [-0.25, -0.2) is 4.98 Å². The highest BCUT2D eigenvalue weighted by Crippen LogP contribution is 2.38. The molecule has 152 valence electrons. The van der Waals surface area contributed by atoms with E-state index in [0.717, 1.165) is 54.7 Å². The highest BCUT2D eigenvalue weighted by molar-refractivity contribution is 7.14. The monoisotopic (exact) mass is 417 g/mol. The van der Waals surface area contributed by atoms with Gasteiger partial charge < -0.3 is 16.0 Å². The van der Waals surface area contributed by atoms with Gasteiger partial charge in [-0.15, -0.1) is 11.3 Å². The summed E-state index contributed by atoms with van der Waals surface area (Å²) < 4.78 is 0. The van der Waals surface area contributed by atoms with E-state index in [1.807, 2.05) is 30.3 Å². The molecule has 1 aromatic heterocycles. The third-order valence-electron chi connectivity index (χ3n) is 5.51. The summed E-state index contributed by atoms with van der Waals surface area (Å²) in [6.07, 6.45) is 2.90. The molecule has 0 bridgehead atoms. The Bertz CT molecular complexity index is 1090. The van der Waals surface area contributed by atoms with Crippen molar-refractivity contribution < 1.29 is 4.79 Å². The van der Waals surface area contributed by atoms with E-state index < -0.39 is 0 Å². The molecule has 0 radical (unpaired) electrons. The number of anilines is 1. The minimum Gasteiger partial charge on any atom is -0.356 e. The molecule has 0 fully saturated rings. The minimum atomic E-state index is -0.0280. The van der Waals surface area contributed by atoms with Crippen LogP contribution in [-0.4, -0.2) is 29.9 Å². The van der Waals surface area contributed by atoms with Gasteiger partial charge >= 0.3 is 0 Å². The number of guanidine groups is 1. The van der Waals surface area contributed by atoms with Gasteiger partial charge in [0.15, 0.2) is 11.1 Å². The number of carbonyl (C=O) groups excluding carboxylic acids is 1. The van der Waals surface area contributed by atoms with Crippen molar-refractivity contribution in [3.8, 4) is 11.3 Å². The highest BCUT2D eigenvalue weighted by atomic mass is 32.1. The van der Waals surface area contributed by atoms with Crippen LogP contribution in [0.25, 0.3) is 11.3 Å². The molecule has 1 atom stereocenters. The van der Waals surface area contributed by atoms with Gasteiger partial charge in [-0.1, -0.05) is 36.4 Å². The van der Waals surface area contributed by atoms with Gasteiger partial charge in [0, 0.05) is 29.6 Å². The molecule has 2 aromatic carbocycles. The Balaban J connectivity index is 1.35. The van der Waals surface area contributed by atoms with Crippen molar-refractivity contribution in [1.82, 2.24) is 15.6 Å². The van der Waals surface area contributed by atoms with E-state index in [9.17, 15) is 4.79 Å². The molecule has 7 heteroatoms. The molecule has 0 saturated heterocycles. The number of amides is 1. The lowest BCUT2D eigenvalue weighted by atomic mass is 10.0. The van der Waals surface area contributed by atoms with Crippen LogP contribution in [0.5, 0.6) is 0 Å². The number of hydrogen-bond donors (Lipinski definition) is 3. The average Bonchev–Trinajstić information content (AvgIpc) is 3.42. The molecule has 1 aliphatic carbocycles. The van der Waals surface area contributed by atoms with Gasteiger partial charge in [-0.2, -0.15) is 0 Å². The smallest absolute Gasteiger partial charge is 0.251 e. The number of nitrogens with zero attached hydrogens (tertiary/aromatic N) is 2. The number of aromatic nitrogens is 1. The molecule has 6 nitrogen and oxygen atoms in total. The van der Waals surface area contributed by atoms with Crippen molar-refractivity contribution in [3.05, 3.63) is 70.6 Å². The predicted octanol–water partition coefficient (Wildman–Crippen LogP) is 3.99. The van der Waals surface area contributed by atoms with Crippen molar-refractivity contribution in [1.29, 1.82) is 0 Å². The minimum absolute atomic E-state index is 0.0280. The second kappa shape index (κ2) is 8.28. The summed E-state index contributed by atoms with van der Waals surface area (Å²) in [5, 5.41) is 12.7. The van der Waals surface area contributed by atoms with Crippen LogP contribution in [0.4, 0.5) is 5.13 Å². The lowest BCUT2D eigenvalue weighted by Crippen LogP contribution is -2.35. The van der Waals surface area contributed by atoms with Gasteiger partial charge in [0.05, 0.1) is 11.7 Å². The first-order chi connectivity index (χ1) is 14.8. The van der Waals surface area contributed by atoms with Crippen LogP contribution >= 0.6 is 11.3 Å². The largest absolute Gasteiger partial charge is 0.356 e. The predicted molar refractivity (Wildman–Crippen MR) is 121 cm³/mol. The maximum Gasteiger partial charge on any atom is 0.251 e. The number of fused-ring (bicyclic) bond motifs is 1. The molecule has 5 rings (SSSR count). The van der Waals surface area contributed by atoms with Crippen LogP contribution in [-0.2, 0) is 6.42 Å². The summed E-state index contributed by atoms with van der Waals surface area (Å²) in [5.41, 5.74) is 5.27. The first-order valence-corrected chi connectivity index (χ1v) is 11.1. The van der Waals surface area contributed by atoms with Crippen LogP contribution in [0.3, 0.4) is 0 Å². The second-order valence-electron chi connectivity index (χ2n) is 7.48. The zero-order valence-electron chi connectivity index (χ0n) is 16.5. The SMILES string of the molecule is O=C(NC1CCc2c(-c3csc(NC4=NCCCN4)n3)cccc21)c1ccccc1. The normalized spacial score (nSPS) is 17.6. The van der Waals surface area contributed by atoms with Crippen LogP contribution < -0.4 is 16.0 Å². The summed E-state index contributed by atoms with van der Waals surface area (Å²) in [7, 11) is 0. The topological polar surface area (TPSA) is 78.4 Å². The van der Waals surface area contributed by atoms with E-state index in [1.54, 1.807) is 11.3 Å². The molecular weight excluding hydrogens is 394 g/mol. The van der Waals surface area contributed by atoms with Gasteiger partial charge in [0.1, 0.15) is 0 Å². The van der Waals surface area contributed by atoms with Crippen LogP contribution in [0.1, 0.15) is 40.4 Å². The van der Waals surface area contributed by atoms with Crippen LogP contribution in [0.15, 0.2) is 58.9 Å². The fourth-order valence-corrected chi connectivity index (χ4v) is 4.76. The number of rotatable bonds is 4. The summed E-state index contributed by atoms with van der Waals surface area (Å²) in [4.78, 5) is 21.8. The van der Waals surface area contributed by atoms with E-state index in [1.165, 1.54) is 11.1 Å². The second-order valence-corrected chi connectivity index (χ2v) is 8.34. The fraction of sp³-hybridized carbons (Fsp3) is 0.261. The van der Waals surface area contributed by atoms with E-state index in [4.69, 9.17) is 4.98 Å². The van der Waals surface area contributed by atoms with E-state index in [0.29, 0.717) is 5.56 Å². The van der Waals surface area contributed by atoms with Crippen molar-refractivity contribution in [2.24, 2.45) is 4.99 Å². The molecule has 0 saturated carbocycles. The molecular formula is C23H23N5OS. The molecule has 1 aliphatic heterocycles. The number of carbonyl (C=O) groups is 1. The number of thiazole rings is 1. The van der Waals surface area contributed by atoms with Crippen molar-refractivity contribution in [3.63, 3.8) is 0 Å². The third-order valence-corrected chi connectivity index (χ3v) is 6.27. The quantitative estimate of drug-likeness (QED) is 0.600. The molecule has 3 aromatic rings. The summed E-state index contributed by atoms with van der Waals surface area (Å²) in [5.74, 6) is 0.767. The molecule has 1 unspecified atom stereocenters. The molecule has 30 heavy (non-hydrogen) atoms. The Hall–Kier alpha value is -3.19. The summed E-state index contributed by atoms with van der Waals surface area (Å²) >= 11 is 1.58. The van der Waals surface area contributed by atoms with Crippen molar-refractivity contribution in [2.45, 2.75) is 25.3 Å². The van der Waals surface area contributed by atoms with E-state index in [-0.39, 0.29) is 11.9 Å². The third kappa shape index (κ3) is 3.80. The Kier molecular flexibility index (Phi) is 5.19.